The highest BCUT2D eigenvalue weighted by molar-refractivity contribution is 5.94. The van der Waals surface area contributed by atoms with Gasteiger partial charge in [-0.2, -0.15) is 0 Å². The molecule has 0 aliphatic rings. The summed E-state index contributed by atoms with van der Waals surface area (Å²) in [6.07, 6.45) is 0. The minimum absolute atomic E-state index is 0.0347. The predicted molar refractivity (Wildman–Crippen MR) is 84.4 cm³/mol. The summed E-state index contributed by atoms with van der Waals surface area (Å²) in [7, 11) is 3.39. The lowest BCUT2D eigenvalue weighted by Gasteiger charge is -2.25. The topological polar surface area (TPSA) is 55.6 Å². The molecule has 2 N–H and O–H groups in total. The number of nitrogens with zero attached hydrogens (tertiary/aromatic N) is 1. The van der Waals surface area contributed by atoms with Gasteiger partial charge < -0.3 is 15.4 Å². The second kappa shape index (κ2) is 6.31. The molecule has 4 nitrogen and oxygen atoms in total. The molecule has 0 saturated carbocycles. The number of carbonyl (C=O) groups is 1. The normalized spacial score (nSPS) is 11.8. The fourth-order valence-corrected chi connectivity index (χ4v) is 2.16. The van der Waals surface area contributed by atoms with Gasteiger partial charge in [0.05, 0.1) is 13.2 Å². The van der Waals surface area contributed by atoms with Crippen LogP contribution in [0.25, 0.3) is 0 Å². The number of methoxy groups -OCH3 is 1. The second-order valence-corrected chi connectivity index (χ2v) is 4.99. The van der Waals surface area contributed by atoms with Gasteiger partial charge in [0.15, 0.2) is 0 Å². The Balaban J connectivity index is 2.17. The van der Waals surface area contributed by atoms with Crippen LogP contribution < -0.4 is 10.5 Å². The average molecular weight is 284 g/mol. The summed E-state index contributed by atoms with van der Waals surface area (Å²) in [5.74, 6) is 0.700. The third-order valence-electron chi connectivity index (χ3n) is 3.63. The van der Waals surface area contributed by atoms with Crippen molar-refractivity contribution in [3.63, 3.8) is 0 Å². The fraction of sp³-hybridized carbons (Fsp3) is 0.235. The molecular weight excluding hydrogens is 264 g/mol. The average Bonchev–Trinajstić information content (AvgIpc) is 2.53. The SMILES string of the molecule is COc1ccc(C(=O)N(C)C(C)c2cccc(N)c2)cc1. The number of hydrogen-bond acceptors (Lipinski definition) is 3. The van der Waals surface area contributed by atoms with E-state index in [1.807, 2.05) is 31.2 Å². The van der Waals surface area contributed by atoms with Crippen molar-refractivity contribution in [2.24, 2.45) is 0 Å². The number of benzene rings is 2. The second-order valence-electron chi connectivity index (χ2n) is 4.99. The lowest BCUT2D eigenvalue weighted by molar-refractivity contribution is 0.0742. The van der Waals surface area contributed by atoms with Gasteiger partial charge in [0.1, 0.15) is 5.75 Å². The van der Waals surface area contributed by atoms with Crippen LogP contribution in [0.1, 0.15) is 28.9 Å². The van der Waals surface area contributed by atoms with Crippen molar-refractivity contribution in [3.8, 4) is 5.75 Å². The van der Waals surface area contributed by atoms with Gasteiger partial charge in [-0.25, -0.2) is 0 Å². The van der Waals surface area contributed by atoms with Crippen LogP contribution in [0.5, 0.6) is 5.75 Å². The van der Waals surface area contributed by atoms with Crippen LogP contribution >= 0.6 is 0 Å². The highest BCUT2D eigenvalue weighted by atomic mass is 16.5. The van der Waals surface area contributed by atoms with Crippen LogP contribution in [0, 0.1) is 0 Å². The van der Waals surface area contributed by atoms with Crippen LogP contribution in [0.4, 0.5) is 5.69 Å². The van der Waals surface area contributed by atoms with Crippen molar-refractivity contribution in [1.82, 2.24) is 4.90 Å². The molecule has 1 unspecified atom stereocenters. The number of amides is 1. The molecule has 0 spiro atoms. The molecule has 0 fully saturated rings. The van der Waals surface area contributed by atoms with E-state index in [1.54, 1.807) is 43.3 Å². The van der Waals surface area contributed by atoms with E-state index in [2.05, 4.69) is 0 Å². The van der Waals surface area contributed by atoms with Gasteiger partial charge >= 0.3 is 0 Å². The third kappa shape index (κ3) is 3.34. The zero-order valence-electron chi connectivity index (χ0n) is 12.5. The van der Waals surface area contributed by atoms with E-state index in [0.29, 0.717) is 11.3 Å². The van der Waals surface area contributed by atoms with E-state index < -0.39 is 0 Å². The first-order valence-electron chi connectivity index (χ1n) is 6.79. The summed E-state index contributed by atoms with van der Waals surface area (Å²) in [5, 5.41) is 0. The van der Waals surface area contributed by atoms with Gasteiger partial charge in [-0.1, -0.05) is 12.1 Å². The van der Waals surface area contributed by atoms with Crippen molar-refractivity contribution >= 4 is 11.6 Å². The Morgan fingerprint density at radius 3 is 2.43 bits per heavy atom. The molecular formula is C17H20N2O2. The number of nitrogens with two attached hydrogens (primary N) is 1. The molecule has 4 heteroatoms. The highest BCUT2D eigenvalue weighted by Gasteiger charge is 2.19. The zero-order chi connectivity index (χ0) is 15.4. The van der Waals surface area contributed by atoms with Crippen LogP contribution in [-0.2, 0) is 0 Å². The van der Waals surface area contributed by atoms with Gasteiger partial charge in [0.25, 0.3) is 5.91 Å². The van der Waals surface area contributed by atoms with Gasteiger partial charge in [-0.05, 0) is 48.9 Å². The molecule has 1 atom stereocenters. The largest absolute Gasteiger partial charge is 0.497 e. The summed E-state index contributed by atoms with van der Waals surface area (Å²) in [6, 6.07) is 14.6. The van der Waals surface area contributed by atoms with Crippen LogP contribution in [0.2, 0.25) is 0 Å². The lowest BCUT2D eigenvalue weighted by atomic mass is 10.1. The maximum absolute atomic E-state index is 12.5. The van der Waals surface area contributed by atoms with Crippen molar-refractivity contribution < 1.29 is 9.53 Å². The Kier molecular flexibility index (Phi) is 4.48. The Morgan fingerprint density at radius 1 is 1.19 bits per heavy atom. The van der Waals surface area contributed by atoms with Gasteiger partial charge in [-0.3, -0.25) is 4.79 Å². The minimum Gasteiger partial charge on any atom is -0.497 e. The number of hydrogen-bond donors (Lipinski definition) is 1. The highest BCUT2D eigenvalue weighted by Crippen LogP contribution is 2.23. The quantitative estimate of drug-likeness (QED) is 0.878. The van der Waals surface area contributed by atoms with Gasteiger partial charge in [0.2, 0.25) is 0 Å². The van der Waals surface area contributed by atoms with Crippen LogP contribution in [-0.4, -0.2) is 25.0 Å². The molecule has 0 heterocycles. The fourth-order valence-electron chi connectivity index (χ4n) is 2.16. The van der Waals surface area contributed by atoms with Crippen molar-refractivity contribution in [3.05, 3.63) is 59.7 Å². The Bertz CT molecular complexity index is 623. The Labute approximate surface area is 125 Å². The molecule has 21 heavy (non-hydrogen) atoms. The molecule has 0 aromatic heterocycles. The first-order chi connectivity index (χ1) is 10.0. The van der Waals surface area contributed by atoms with E-state index in [-0.39, 0.29) is 11.9 Å². The molecule has 0 radical (unpaired) electrons. The van der Waals surface area contributed by atoms with E-state index in [4.69, 9.17) is 10.5 Å². The maximum atomic E-state index is 12.5. The zero-order valence-corrected chi connectivity index (χ0v) is 12.5. The summed E-state index contributed by atoms with van der Waals surface area (Å²) >= 11 is 0. The molecule has 1 amide bonds. The number of nitrogen functional groups attached to an aromatic ring is 1. The van der Waals surface area contributed by atoms with E-state index >= 15 is 0 Å². The molecule has 0 saturated heterocycles. The molecule has 0 aliphatic carbocycles. The molecule has 2 rings (SSSR count). The maximum Gasteiger partial charge on any atom is 0.254 e. The summed E-state index contributed by atoms with van der Waals surface area (Å²) in [4.78, 5) is 14.2. The summed E-state index contributed by atoms with van der Waals surface area (Å²) < 4.78 is 5.10. The molecule has 2 aromatic rings. The molecule has 110 valence electrons. The predicted octanol–water partition coefficient (Wildman–Crippen LogP) is 3.11. The van der Waals surface area contributed by atoms with E-state index in [0.717, 1.165) is 11.3 Å². The van der Waals surface area contributed by atoms with Crippen molar-refractivity contribution in [2.75, 3.05) is 19.9 Å². The number of ether oxygens (including phenoxy) is 1. The van der Waals surface area contributed by atoms with Crippen molar-refractivity contribution in [1.29, 1.82) is 0 Å². The summed E-state index contributed by atoms with van der Waals surface area (Å²) in [5.41, 5.74) is 8.14. The van der Waals surface area contributed by atoms with Gasteiger partial charge in [-0.15, -0.1) is 0 Å². The standard InChI is InChI=1S/C17H20N2O2/c1-12(14-5-4-6-15(18)11-14)19(2)17(20)13-7-9-16(21-3)10-8-13/h4-12H,18H2,1-3H3. The van der Waals surface area contributed by atoms with Gasteiger partial charge in [0, 0.05) is 18.3 Å². The van der Waals surface area contributed by atoms with E-state index in [1.165, 1.54) is 0 Å². The number of rotatable bonds is 4. The third-order valence-corrected chi connectivity index (χ3v) is 3.63. The first-order valence-corrected chi connectivity index (χ1v) is 6.79. The van der Waals surface area contributed by atoms with Crippen LogP contribution in [0.3, 0.4) is 0 Å². The monoisotopic (exact) mass is 284 g/mol. The summed E-state index contributed by atoms with van der Waals surface area (Å²) in [6.45, 7) is 1.98. The number of anilines is 1. The smallest absolute Gasteiger partial charge is 0.254 e. The van der Waals surface area contributed by atoms with Crippen molar-refractivity contribution in [2.45, 2.75) is 13.0 Å². The number of carbonyl (C=O) groups excluding carboxylic acids is 1. The molecule has 0 bridgehead atoms. The lowest BCUT2D eigenvalue weighted by Crippen LogP contribution is -2.29. The Morgan fingerprint density at radius 2 is 1.86 bits per heavy atom. The Hall–Kier alpha value is -2.49. The molecule has 2 aromatic carbocycles. The minimum atomic E-state index is -0.0527. The molecule has 0 aliphatic heterocycles. The first kappa shape index (κ1) is 14.9. The van der Waals surface area contributed by atoms with Crippen LogP contribution in [0.15, 0.2) is 48.5 Å². The van der Waals surface area contributed by atoms with E-state index in [9.17, 15) is 4.79 Å².